The Morgan fingerprint density at radius 2 is 2.11 bits per heavy atom. The second kappa shape index (κ2) is 3.75. The minimum absolute atomic E-state index is 0.191. The third-order valence-electron chi connectivity index (χ3n) is 3.01. The van der Waals surface area contributed by atoms with Crippen molar-refractivity contribution < 1.29 is 9.26 Å². The molecule has 0 spiro atoms. The van der Waals surface area contributed by atoms with Gasteiger partial charge in [0.25, 0.3) is 0 Å². The number of rotatable bonds is 1. The molecule has 1 aromatic heterocycles. The smallest absolute Gasteiger partial charge is 0.230 e. The highest BCUT2D eigenvalue weighted by atomic mass is 79.9. The van der Waals surface area contributed by atoms with Gasteiger partial charge < -0.3 is 15.0 Å². The molecule has 2 aromatic rings. The summed E-state index contributed by atoms with van der Waals surface area (Å²) < 4.78 is 11.9. The van der Waals surface area contributed by atoms with Crippen LogP contribution < -0.4 is 10.5 Å². The van der Waals surface area contributed by atoms with Gasteiger partial charge in [0, 0.05) is 16.5 Å². The maximum atomic E-state index is 6.01. The molecule has 0 unspecified atom stereocenters. The van der Waals surface area contributed by atoms with E-state index in [0.717, 1.165) is 27.8 Å². The molecule has 2 heterocycles. The summed E-state index contributed by atoms with van der Waals surface area (Å²) in [6.07, 6.45) is 2.49. The van der Waals surface area contributed by atoms with Crippen LogP contribution in [0.25, 0.3) is 11.1 Å². The zero-order valence-electron chi connectivity index (χ0n) is 10.2. The van der Waals surface area contributed by atoms with E-state index in [1.54, 1.807) is 6.20 Å². The van der Waals surface area contributed by atoms with Crippen molar-refractivity contribution in [1.29, 1.82) is 0 Å². The quantitative estimate of drug-likeness (QED) is 0.877. The van der Waals surface area contributed by atoms with E-state index >= 15 is 0 Å². The van der Waals surface area contributed by atoms with Gasteiger partial charge in [-0.15, -0.1) is 0 Å². The Morgan fingerprint density at radius 1 is 1.33 bits per heavy atom. The lowest BCUT2D eigenvalue weighted by Crippen LogP contribution is -2.24. The van der Waals surface area contributed by atoms with E-state index in [4.69, 9.17) is 15.0 Å². The zero-order chi connectivity index (χ0) is 12.9. The van der Waals surface area contributed by atoms with Gasteiger partial charge in [0.2, 0.25) is 5.88 Å². The van der Waals surface area contributed by atoms with Gasteiger partial charge >= 0.3 is 0 Å². The van der Waals surface area contributed by atoms with Crippen molar-refractivity contribution in [3.8, 4) is 16.9 Å². The lowest BCUT2D eigenvalue weighted by molar-refractivity contribution is 0.139. The average Bonchev–Trinajstić information content (AvgIpc) is 2.79. The predicted octanol–water partition coefficient (Wildman–Crippen LogP) is 3.40. The molecular formula is C13H13BrN2O2. The first-order chi connectivity index (χ1) is 8.46. The second-order valence-electron chi connectivity index (χ2n) is 5.08. The first kappa shape index (κ1) is 11.6. The third-order valence-corrected chi connectivity index (χ3v) is 3.47. The van der Waals surface area contributed by atoms with Crippen LogP contribution in [0.2, 0.25) is 0 Å². The van der Waals surface area contributed by atoms with Gasteiger partial charge in [0.05, 0.1) is 11.8 Å². The molecule has 0 amide bonds. The average molecular weight is 309 g/mol. The maximum absolute atomic E-state index is 6.01. The van der Waals surface area contributed by atoms with Gasteiger partial charge in [-0.05, 0) is 31.5 Å². The van der Waals surface area contributed by atoms with Crippen LogP contribution in [0, 0.1) is 0 Å². The summed E-state index contributed by atoms with van der Waals surface area (Å²) >= 11 is 3.52. The molecule has 5 heteroatoms. The van der Waals surface area contributed by atoms with Gasteiger partial charge in [0.15, 0.2) is 0 Å². The summed E-state index contributed by atoms with van der Waals surface area (Å²) in [7, 11) is 0. The molecule has 1 aliphatic heterocycles. The molecule has 0 fully saturated rings. The highest BCUT2D eigenvalue weighted by Crippen LogP contribution is 2.45. The van der Waals surface area contributed by atoms with Crippen molar-refractivity contribution in [2.24, 2.45) is 0 Å². The number of halogens is 1. The van der Waals surface area contributed by atoms with E-state index in [-0.39, 0.29) is 5.60 Å². The Labute approximate surface area is 113 Å². The Bertz CT molecular complexity index is 619. The van der Waals surface area contributed by atoms with Gasteiger partial charge in [-0.25, -0.2) is 0 Å². The molecule has 0 radical (unpaired) electrons. The van der Waals surface area contributed by atoms with E-state index in [1.807, 2.05) is 6.07 Å². The van der Waals surface area contributed by atoms with Crippen molar-refractivity contribution in [2.45, 2.75) is 25.9 Å². The number of benzene rings is 1. The summed E-state index contributed by atoms with van der Waals surface area (Å²) in [5, 5.41) is 3.72. The second-order valence-corrected chi connectivity index (χ2v) is 6.00. The first-order valence-electron chi connectivity index (χ1n) is 5.68. The Kier molecular flexibility index (Phi) is 2.41. The van der Waals surface area contributed by atoms with Crippen molar-refractivity contribution >= 4 is 21.8 Å². The van der Waals surface area contributed by atoms with Crippen LogP contribution in [0.5, 0.6) is 5.75 Å². The lowest BCUT2D eigenvalue weighted by atomic mass is 9.99. The largest absolute Gasteiger partial charge is 0.487 e. The molecule has 94 valence electrons. The van der Waals surface area contributed by atoms with Gasteiger partial charge in [-0.3, -0.25) is 0 Å². The van der Waals surface area contributed by atoms with Crippen LogP contribution in [0.1, 0.15) is 19.4 Å². The zero-order valence-corrected chi connectivity index (χ0v) is 11.7. The predicted molar refractivity (Wildman–Crippen MR) is 72.5 cm³/mol. The summed E-state index contributed by atoms with van der Waals surface area (Å²) in [6, 6.07) is 4.06. The van der Waals surface area contributed by atoms with E-state index in [2.05, 4.69) is 41.0 Å². The Hall–Kier alpha value is -1.49. The van der Waals surface area contributed by atoms with E-state index in [9.17, 15) is 0 Å². The fraction of sp³-hybridized carbons (Fsp3) is 0.308. The molecule has 2 N–H and O–H groups in total. The number of hydrogen-bond donors (Lipinski definition) is 1. The van der Waals surface area contributed by atoms with Crippen LogP contribution in [-0.4, -0.2) is 10.8 Å². The molecule has 0 saturated carbocycles. The van der Waals surface area contributed by atoms with Gasteiger partial charge in [0.1, 0.15) is 11.4 Å². The molecule has 0 saturated heterocycles. The third kappa shape index (κ3) is 1.79. The molecule has 18 heavy (non-hydrogen) atoms. The summed E-state index contributed by atoms with van der Waals surface area (Å²) in [5.41, 5.74) is 8.45. The highest BCUT2D eigenvalue weighted by Gasteiger charge is 2.33. The van der Waals surface area contributed by atoms with Crippen LogP contribution in [-0.2, 0) is 6.42 Å². The molecular weight excluding hydrogens is 296 g/mol. The standard InChI is InChI=1S/C13H13BrN2O2/c1-13(2)5-7-3-8(14)4-9(11(7)17-13)10-6-16-18-12(10)15/h3-4,6H,5,15H2,1-2H3. The summed E-state index contributed by atoms with van der Waals surface area (Å²) in [4.78, 5) is 0. The van der Waals surface area contributed by atoms with Crippen LogP contribution in [0.15, 0.2) is 27.3 Å². The monoisotopic (exact) mass is 308 g/mol. The van der Waals surface area contributed by atoms with E-state index < -0.39 is 0 Å². The number of hydrogen-bond acceptors (Lipinski definition) is 4. The lowest BCUT2D eigenvalue weighted by Gasteiger charge is -2.18. The SMILES string of the molecule is CC1(C)Cc2cc(Br)cc(-c3cnoc3N)c2O1. The van der Waals surface area contributed by atoms with E-state index in [0.29, 0.717) is 5.88 Å². The first-order valence-corrected chi connectivity index (χ1v) is 6.47. The van der Waals surface area contributed by atoms with Crippen molar-refractivity contribution in [3.63, 3.8) is 0 Å². The molecule has 1 aromatic carbocycles. The number of nitrogens with zero attached hydrogens (tertiary/aromatic N) is 1. The number of aromatic nitrogens is 1. The van der Waals surface area contributed by atoms with Crippen molar-refractivity contribution in [1.82, 2.24) is 5.16 Å². The molecule has 0 aliphatic carbocycles. The highest BCUT2D eigenvalue weighted by molar-refractivity contribution is 9.10. The normalized spacial score (nSPS) is 16.4. The maximum Gasteiger partial charge on any atom is 0.230 e. The molecule has 1 aliphatic rings. The van der Waals surface area contributed by atoms with Crippen molar-refractivity contribution in [2.75, 3.05) is 5.73 Å². The summed E-state index contributed by atoms with van der Waals surface area (Å²) in [5.74, 6) is 1.18. The van der Waals surface area contributed by atoms with E-state index in [1.165, 1.54) is 5.56 Å². The molecule has 4 nitrogen and oxygen atoms in total. The fourth-order valence-electron chi connectivity index (χ4n) is 2.32. The fourth-order valence-corrected chi connectivity index (χ4v) is 2.83. The van der Waals surface area contributed by atoms with Crippen LogP contribution in [0.3, 0.4) is 0 Å². The summed E-state index contributed by atoms with van der Waals surface area (Å²) in [6.45, 7) is 4.14. The topological polar surface area (TPSA) is 61.3 Å². The molecule has 0 atom stereocenters. The minimum Gasteiger partial charge on any atom is -0.487 e. The van der Waals surface area contributed by atoms with Gasteiger partial charge in [-0.2, -0.15) is 0 Å². The van der Waals surface area contributed by atoms with Gasteiger partial charge in [-0.1, -0.05) is 21.1 Å². The number of anilines is 1. The number of nitrogen functional groups attached to an aromatic ring is 1. The van der Waals surface area contributed by atoms with Crippen LogP contribution in [0.4, 0.5) is 5.88 Å². The molecule has 0 bridgehead atoms. The Morgan fingerprint density at radius 3 is 2.78 bits per heavy atom. The van der Waals surface area contributed by atoms with Crippen LogP contribution >= 0.6 is 15.9 Å². The number of fused-ring (bicyclic) bond motifs is 1. The number of nitrogens with two attached hydrogens (primary N) is 1. The number of ether oxygens (including phenoxy) is 1. The Balaban J connectivity index is 2.21. The molecule has 3 rings (SSSR count). The van der Waals surface area contributed by atoms with Crippen molar-refractivity contribution in [3.05, 3.63) is 28.4 Å². The minimum atomic E-state index is -0.191.